The van der Waals surface area contributed by atoms with Gasteiger partial charge in [0.1, 0.15) is 11.9 Å². The fourth-order valence-electron chi connectivity index (χ4n) is 6.90. The molecule has 1 saturated carbocycles. The first kappa shape index (κ1) is 22.8. The monoisotopic (exact) mass is 453 g/mol. The summed E-state index contributed by atoms with van der Waals surface area (Å²) >= 11 is 0. The van der Waals surface area contributed by atoms with E-state index in [4.69, 9.17) is 5.73 Å². The number of piperazine rings is 1. The highest BCUT2D eigenvalue weighted by Crippen LogP contribution is 2.44. The molecule has 4 fully saturated rings. The van der Waals surface area contributed by atoms with E-state index >= 15 is 0 Å². The van der Waals surface area contributed by atoms with Gasteiger partial charge in [0.2, 0.25) is 5.91 Å². The summed E-state index contributed by atoms with van der Waals surface area (Å²) in [5, 5.41) is 9.31. The molecule has 7 heteroatoms. The SMILES string of the molecule is N#CC1CCCN1C(=O)C(N)CN1C[C@@H]2CC1CN2C(c1ccc(F)cc1)C1CCCCC1. The van der Waals surface area contributed by atoms with Gasteiger partial charge in [-0.2, -0.15) is 5.26 Å². The van der Waals surface area contributed by atoms with Crippen molar-refractivity contribution in [1.82, 2.24) is 14.7 Å². The minimum absolute atomic E-state index is 0.0786. The van der Waals surface area contributed by atoms with E-state index in [-0.39, 0.29) is 17.8 Å². The van der Waals surface area contributed by atoms with Crippen molar-refractivity contribution >= 4 is 5.91 Å². The Bertz CT molecular complexity index is 880. The number of rotatable bonds is 6. The zero-order valence-corrected chi connectivity index (χ0v) is 19.4. The van der Waals surface area contributed by atoms with E-state index < -0.39 is 6.04 Å². The number of hydrogen-bond donors (Lipinski definition) is 1. The van der Waals surface area contributed by atoms with Crippen molar-refractivity contribution in [2.24, 2.45) is 11.7 Å². The summed E-state index contributed by atoms with van der Waals surface area (Å²) < 4.78 is 13.6. The van der Waals surface area contributed by atoms with Gasteiger partial charge >= 0.3 is 0 Å². The fourth-order valence-corrected chi connectivity index (χ4v) is 6.90. The van der Waals surface area contributed by atoms with Gasteiger partial charge in [-0.15, -0.1) is 0 Å². The van der Waals surface area contributed by atoms with Gasteiger partial charge in [-0.1, -0.05) is 31.4 Å². The minimum atomic E-state index is -0.571. The molecular weight excluding hydrogens is 417 g/mol. The van der Waals surface area contributed by atoms with E-state index in [0.717, 1.165) is 32.4 Å². The van der Waals surface area contributed by atoms with Crippen molar-refractivity contribution < 1.29 is 9.18 Å². The number of carbonyl (C=O) groups is 1. The third kappa shape index (κ3) is 4.53. The van der Waals surface area contributed by atoms with Crippen molar-refractivity contribution in [1.29, 1.82) is 5.26 Å². The molecule has 4 unspecified atom stereocenters. The van der Waals surface area contributed by atoms with E-state index in [2.05, 4.69) is 15.9 Å². The molecule has 3 aliphatic heterocycles. The molecule has 4 aliphatic rings. The predicted octanol–water partition coefficient (Wildman–Crippen LogP) is 3.05. The van der Waals surface area contributed by atoms with Crippen LogP contribution in [0.3, 0.4) is 0 Å². The Balaban J connectivity index is 1.25. The number of amides is 1. The van der Waals surface area contributed by atoms with Crippen LogP contribution in [-0.2, 0) is 4.79 Å². The highest BCUT2D eigenvalue weighted by atomic mass is 19.1. The maximum atomic E-state index is 13.6. The third-order valence-corrected chi connectivity index (χ3v) is 8.49. The summed E-state index contributed by atoms with van der Waals surface area (Å²) in [6.07, 6.45) is 9.12. The summed E-state index contributed by atoms with van der Waals surface area (Å²) in [5.41, 5.74) is 7.59. The zero-order valence-electron chi connectivity index (χ0n) is 19.4. The quantitative estimate of drug-likeness (QED) is 0.717. The van der Waals surface area contributed by atoms with Crippen LogP contribution in [0, 0.1) is 23.1 Å². The van der Waals surface area contributed by atoms with Gasteiger partial charge in [0.05, 0.1) is 12.1 Å². The lowest BCUT2D eigenvalue weighted by Crippen LogP contribution is -2.55. The fraction of sp³-hybridized carbons (Fsp3) is 0.692. The molecular formula is C26H36FN5O. The lowest BCUT2D eigenvalue weighted by molar-refractivity contribution is -0.133. The van der Waals surface area contributed by atoms with Gasteiger partial charge in [-0.25, -0.2) is 4.39 Å². The molecule has 1 amide bonds. The van der Waals surface area contributed by atoms with Crippen LogP contribution in [0.5, 0.6) is 0 Å². The van der Waals surface area contributed by atoms with Crippen molar-refractivity contribution in [2.75, 3.05) is 26.2 Å². The number of nitriles is 1. The molecule has 2 N–H and O–H groups in total. The molecule has 3 saturated heterocycles. The summed E-state index contributed by atoms with van der Waals surface area (Å²) in [4.78, 5) is 19.6. The average molecular weight is 454 g/mol. The van der Waals surface area contributed by atoms with E-state index in [9.17, 15) is 14.4 Å². The second-order valence-electron chi connectivity index (χ2n) is 10.5. The van der Waals surface area contributed by atoms with Crippen LogP contribution in [-0.4, -0.2) is 71.0 Å². The Morgan fingerprint density at radius 3 is 2.52 bits per heavy atom. The maximum Gasteiger partial charge on any atom is 0.241 e. The zero-order chi connectivity index (χ0) is 22.9. The highest BCUT2D eigenvalue weighted by Gasteiger charge is 2.48. The second-order valence-corrected chi connectivity index (χ2v) is 10.5. The van der Waals surface area contributed by atoms with Crippen LogP contribution in [0.1, 0.15) is 63.0 Å². The summed E-state index contributed by atoms with van der Waals surface area (Å²) in [6, 6.07) is 9.72. The van der Waals surface area contributed by atoms with Crippen LogP contribution in [0.2, 0.25) is 0 Å². The number of fused-ring (bicyclic) bond motifs is 2. The van der Waals surface area contributed by atoms with Gasteiger partial charge in [0.15, 0.2) is 0 Å². The molecule has 3 heterocycles. The van der Waals surface area contributed by atoms with Gasteiger partial charge in [0.25, 0.3) is 0 Å². The number of halogens is 1. The molecule has 5 atom stereocenters. The molecule has 1 aromatic rings. The normalized spacial score (nSPS) is 30.5. The topological polar surface area (TPSA) is 76.6 Å². The molecule has 2 bridgehead atoms. The lowest BCUT2D eigenvalue weighted by Gasteiger charge is -2.44. The number of hydrogen-bond acceptors (Lipinski definition) is 5. The first-order valence-electron chi connectivity index (χ1n) is 12.8. The molecule has 33 heavy (non-hydrogen) atoms. The van der Waals surface area contributed by atoms with Crippen LogP contribution in [0.4, 0.5) is 4.39 Å². The average Bonchev–Trinajstić information content (AvgIpc) is 3.56. The standard InChI is InChI=1S/C26H36FN5O/c27-20-10-8-19(9-11-20)25(18-5-2-1-3-6-18)32-16-22-13-23(32)15-30(22)17-24(29)26(33)31-12-4-7-21(31)14-28/h8-11,18,21-25H,1-7,12-13,15-17,29H2/t21?,22?,23-,24?,25?/m0/s1. The lowest BCUT2D eigenvalue weighted by atomic mass is 9.80. The first-order chi connectivity index (χ1) is 16.0. The van der Waals surface area contributed by atoms with Gasteiger partial charge in [-0.05, 0) is 55.7 Å². The summed E-state index contributed by atoms with van der Waals surface area (Å²) in [6.45, 7) is 3.12. The van der Waals surface area contributed by atoms with Crippen molar-refractivity contribution in [2.45, 2.75) is 81.6 Å². The van der Waals surface area contributed by atoms with Crippen LogP contribution < -0.4 is 5.73 Å². The summed E-state index contributed by atoms with van der Waals surface area (Å²) in [7, 11) is 0. The number of nitrogens with two attached hydrogens (primary N) is 1. The second kappa shape index (κ2) is 9.69. The van der Waals surface area contributed by atoms with Gasteiger partial charge in [-0.3, -0.25) is 14.6 Å². The van der Waals surface area contributed by atoms with Crippen LogP contribution >= 0.6 is 0 Å². The minimum Gasteiger partial charge on any atom is -0.325 e. The van der Waals surface area contributed by atoms with Crippen molar-refractivity contribution in [3.8, 4) is 6.07 Å². The van der Waals surface area contributed by atoms with E-state index in [1.807, 2.05) is 12.1 Å². The Hall–Kier alpha value is -2.01. The number of likely N-dealkylation sites (tertiary alicyclic amines) is 3. The molecule has 0 spiro atoms. The maximum absolute atomic E-state index is 13.6. The van der Waals surface area contributed by atoms with E-state index in [0.29, 0.717) is 37.1 Å². The van der Waals surface area contributed by atoms with Crippen LogP contribution in [0.25, 0.3) is 0 Å². The van der Waals surface area contributed by atoms with Crippen molar-refractivity contribution in [3.05, 3.63) is 35.6 Å². The Morgan fingerprint density at radius 1 is 1.09 bits per heavy atom. The molecule has 1 aromatic carbocycles. The molecule has 0 aromatic heterocycles. The van der Waals surface area contributed by atoms with Crippen LogP contribution in [0.15, 0.2) is 24.3 Å². The number of carbonyl (C=O) groups excluding carboxylic acids is 1. The Morgan fingerprint density at radius 2 is 1.85 bits per heavy atom. The van der Waals surface area contributed by atoms with E-state index in [1.165, 1.54) is 37.7 Å². The molecule has 5 rings (SSSR count). The van der Waals surface area contributed by atoms with Gasteiger partial charge in [0, 0.05) is 44.3 Å². The number of benzene rings is 1. The van der Waals surface area contributed by atoms with E-state index in [1.54, 1.807) is 17.0 Å². The van der Waals surface area contributed by atoms with Gasteiger partial charge < -0.3 is 10.6 Å². The summed E-state index contributed by atoms with van der Waals surface area (Å²) in [5.74, 6) is 0.370. The number of nitrogens with zero attached hydrogens (tertiary/aromatic N) is 4. The predicted molar refractivity (Wildman–Crippen MR) is 125 cm³/mol. The third-order valence-electron chi connectivity index (χ3n) is 8.49. The molecule has 6 nitrogen and oxygen atoms in total. The van der Waals surface area contributed by atoms with Crippen molar-refractivity contribution in [3.63, 3.8) is 0 Å². The molecule has 1 aliphatic carbocycles. The molecule has 0 radical (unpaired) electrons. The Labute approximate surface area is 196 Å². The molecule has 178 valence electrons. The largest absolute Gasteiger partial charge is 0.325 e. The first-order valence-corrected chi connectivity index (χ1v) is 12.8. The smallest absolute Gasteiger partial charge is 0.241 e. The Kier molecular flexibility index (Phi) is 6.69. The highest BCUT2D eigenvalue weighted by molar-refractivity contribution is 5.82.